The molecule has 0 aromatic rings. The molecule has 0 N–H and O–H groups in total. The van der Waals surface area contributed by atoms with E-state index in [4.69, 9.17) is 5.26 Å². The molecule has 116 valence electrons. The van der Waals surface area contributed by atoms with E-state index in [1.807, 2.05) is 0 Å². The molecule has 1 aliphatic heterocycles. The summed E-state index contributed by atoms with van der Waals surface area (Å²) in [7, 11) is 0. The maximum atomic E-state index is 11.9. The molecule has 1 aliphatic rings. The molecule has 4 nitrogen and oxygen atoms in total. The number of rotatable bonds is 7. The molecule has 0 amide bonds. The van der Waals surface area contributed by atoms with E-state index in [0.717, 1.165) is 39.0 Å². The fourth-order valence-electron chi connectivity index (χ4n) is 2.28. The Hall–Kier alpha value is -0.840. The van der Waals surface area contributed by atoms with Crippen molar-refractivity contribution < 1.29 is 17.9 Å². The van der Waals surface area contributed by atoms with Gasteiger partial charge in [0.05, 0.1) is 18.7 Å². The summed E-state index contributed by atoms with van der Waals surface area (Å²) in [5.74, 6) is 0. The van der Waals surface area contributed by atoms with Crippen molar-refractivity contribution >= 4 is 0 Å². The normalized spacial score (nSPS) is 19.8. The number of piperazine rings is 1. The van der Waals surface area contributed by atoms with Crippen molar-refractivity contribution in [2.75, 3.05) is 45.9 Å². The summed E-state index contributed by atoms with van der Waals surface area (Å²) < 4.78 is 40.3. The highest BCUT2D eigenvalue weighted by Gasteiger charge is 2.27. The van der Waals surface area contributed by atoms with Crippen LogP contribution in [-0.2, 0) is 4.74 Å². The summed E-state index contributed by atoms with van der Waals surface area (Å²) in [5.41, 5.74) is 0. The van der Waals surface area contributed by atoms with Crippen LogP contribution in [0.4, 0.5) is 13.2 Å². The highest BCUT2D eigenvalue weighted by Crippen LogP contribution is 2.14. The average Bonchev–Trinajstić information content (AvgIpc) is 2.41. The third kappa shape index (κ3) is 6.55. The van der Waals surface area contributed by atoms with Crippen LogP contribution >= 0.6 is 0 Å². The van der Waals surface area contributed by atoms with E-state index >= 15 is 0 Å². The molecule has 0 spiro atoms. The number of ether oxygens (including phenoxy) is 1. The van der Waals surface area contributed by atoms with Crippen molar-refractivity contribution in [1.29, 1.82) is 5.26 Å². The van der Waals surface area contributed by atoms with Crippen LogP contribution in [0.1, 0.15) is 19.8 Å². The minimum atomic E-state index is -4.25. The molecule has 0 aliphatic carbocycles. The number of hydrogen-bond donors (Lipinski definition) is 0. The molecule has 0 radical (unpaired) electrons. The molecular weight excluding hydrogens is 271 g/mol. The summed E-state index contributed by atoms with van der Waals surface area (Å²) in [4.78, 5) is 4.23. The van der Waals surface area contributed by atoms with E-state index in [1.165, 1.54) is 0 Å². The molecule has 0 aromatic carbocycles. The summed E-state index contributed by atoms with van der Waals surface area (Å²) in [6.07, 6.45) is -2.41. The molecule has 1 rings (SSSR count). The number of halogens is 3. The van der Waals surface area contributed by atoms with Gasteiger partial charge >= 0.3 is 6.18 Å². The summed E-state index contributed by atoms with van der Waals surface area (Å²) in [6, 6.07) is 2.28. The zero-order valence-electron chi connectivity index (χ0n) is 11.8. The molecule has 1 unspecified atom stereocenters. The number of nitriles is 1. The van der Waals surface area contributed by atoms with Crippen molar-refractivity contribution in [2.45, 2.75) is 32.0 Å². The minimum Gasteiger partial charge on any atom is -0.371 e. The monoisotopic (exact) mass is 293 g/mol. The zero-order chi connectivity index (χ0) is 15.0. The Morgan fingerprint density at radius 3 is 2.40 bits per heavy atom. The van der Waals surface area contributed by atoms with Crippen LogP contribution in [-0.4, -0.2) is 68.0 Å². The third-order valence-corrected chi connectivity index (χ3v) is 3.38. The maximum Gasteiger partial charge on any atom is 0.411 e. The van der Waals surface area contributed by atoms with E-state index in [2.05, 4.69) is 27.5 Å². The number of nitrogens with zero attached hydrogens (tertiary/aromatic N) is 3. The highest BCUT2D eigenvalue weighted by molar-refractivity contribution is 4.93. The van der Waals surface area contributed by atoms with E-state index in [9.17, 15) is 13.2 Å². The first kappa shape index (κ1) is 17.2. The molecule has 0 saturated carbocycles. The lowest BCUT2D eigenvalue weighted by Gasteiger charge is -2.36. The molecule has 1 atom stereocenters. The lowest BCUT2D eigenvalue weighted by atomic mass is 10.1. The van der Waals surface area contributed by atoms with Crippen LogP contribution in [0, 0.1) is 11.3 Å². The van der Waals surface area contributed by atoms with E-state index in [-0.39, 0.29) is 12.6 Å². The molecule has 1 heterocycles. The fourth-order valence-corrected chi connectivity index (χ4v) is 2.28. The second-order valence-corrected chi connectivity index (χ2v) is 4.98. The Labute approximate surface area is 118 Å². The van der Waals surface area contributed by atoms with Gasteiger partial charge in [-0.1, -0.05) is 13.3 Å². The Morgan fingerprint density at radius 2 is 1.90 bits per heavy atom. The van der Waals surface area contributed by atoms with Gasteiger partial charge in [0.15, 0.2) is 0 Å². The van der Waals surface area contributed by atoms with Gasteiger partial charge in [-0.15, -0.1) is 0 Å². The number of alkyl halides is 3. The predicted octanol–water partition coefficient (Wildman–Crippen LogP) is 1.88. The first-order valence-corrected chi connectivity index (χ1v) is 6.96. The topological polar surface area (TPSA) is 39.5 Å². The summed E-state index contributed by atoms with van der Waals surface area (Å²) >= 11 is 0. The molecule has 7 heteroatoms. The van der Waals surface area contributed by atoms with Crippen LogP contribution in [0.5, 0.6) is 0 Å². The van der Waals surface area contributed by atoms with Gasteiger partial charge in [-0.2, -0.15) is 18.4 Å². The van der Waals surface area contributed by atoms with Crippen molar-refractivity contribution in [3.05, 3.63) is 0 Å². The molecule has 0 bridgehead atoms. The summed E-state index contributed by atoms with van der Waals surface area (Å²) in [5, 5.41) is 9.09. The SMILES string of the molecule is CCCC(C#N)N1CCN(CCOCC(F)(F)F)CC1. The second kappa shape index (κ2) is 8.45. The van der Waals surface area contributed by atoms with Gasteiger partial charge in [-0.05, 0) is 6.42 Å². The Balaban J connectivity index is 2.17. The van der Waals surface area contributed by atoms with E-state index in [0.29, 0.717) is 6.54 Å². The van der Waals surface area contributed by atoms with Crippen LogP contribution in [0.25, 0.3) is 0 Å². The average molecular weight is 293 g/mol. The van der Waals surface area contributed by atoms with Gasteiger partial charge in [-0.3, -0.25) is 9.80 Å². The van der Waals surface area contributed by atoms with E-state index < -0.39 is 12.8 Å². The highest BCUT2D eigenvalue weighted by atomic mass is 19.4. The fraction of sp³-hybridized carbons (Fsp3) is 0.923. The van der Waals surface area contributed by atoms with Gasteiger partial charge in [0.2, 0.25) is 0 Å². The van der Waals surface area contributed by atoms with Crippen LogP contribution in [0.3, 0.4) is 0 Å². The Morgan fingerprint density at radius 1 is 1.25 bits per heavy atom. The van der Waals surface area contributed by atoms with Crippen molar-refractivity contribution in [1.82, 2.24) is 9.80 Å². The summed E-state index contributed by atoms with van der Waals surface area (Å²) in [6.45, 7) is 4.60. The van der Waals surface area contributed by atoms with E-state index in [1.54, 1.807) is 0 Å². The first-order chi connectivity index (χ1) is 9.46. The largest absolute Gasteiger partial charge is 0.411 e. The van der Waals surface area contributed by atoms with Gasteiger partial charge in [0.1, 0.15) is 6.61 Å². The van der Waals surface area contributed by atoms with Gasteiger partial charge in [0.25, 0.3) is 0 Å². The van der Waals surface area contributed by atoms with Crippen LogP contribution < -0.4 is 0 Å². The van der Waals surface area contributed by atoms with Gasteiger partial charge in [0, 0.05) is 32.7 Å². The van der Waals surface area contributed by atoms with Crippen molar-refractivity contribution in [2.24, 2.45) is 0 Å². The molecular formula is C13H22F3N3O. The molecule has 1 fully saturated rings. The lowest BCUT2D eigenvalue weighted by molar-refractivity contribution is -0.174. The standard InChI is InChI=1S/C13H22F3N3O/c1-2-3-12(10-17)19-6-4-18(5-7-19)8-9-20-11-13(14,15)16/h12H,2-9,11H2,1H3. The van der Waals surface area contributed by atoms with Crippen molar-refractivity contribution in [3.63, 3.8) is 0 Å². The van der Waals surface area contributed by atoms with Crippen LogP contribution in [0.2, 0.25) is 0 Å². The first-order valence-electron chi connectivity index (χ1n) is 6.96. The number of hydrogen-bond acceptors (Lipinski definition) is 4. The van der Waals surface area contributed by atoms with Gasteiger partial charge in [-0.25, -0.2) is 0 Å². The molecule has 1 saturated heterocycles. The molecule has 0 aromatic heterocycles. The minimum absolute atomic E-state index is 0.0383. The van der Waals surface area contributed by atoms with Crippen molar-refractivity contribution in [3.8, 4) is 6.07 Å². The Bertz CT molecular complexity index is 309. The quantitative estimate of drug-likeness (QED) is 0.672. The second-order valence-electron chi connectivity index (χ2n) is 4.98. The maximum absolute atomic E-state index is 11.9. The Kier molecular flexibility index (Phi) is 7.27. The zero-order valence-corrected chi connectivity index (χ0v) is 11.8. The van der Waals surface area contributed by atoms with Crippen LogP contribution in [0.15, 0.2) is 0 Å². The lowest BCUT2D eigenvalue weighted by Crippen LogP contribution is -2.50. The smallest absolute Gasteiger partial charge is 0.371 e. The predicted molar refractivity (Wildman–Crippen MR) is 69.2 cm³/mol. The molecule has 20 heavy (non-hydrogen) atoms. The van der Waals surface area contributed by atoms with Gasteiger partial charge < -0.3 is 4.74 Å². The third-order valence-electron chi connectivity index (χ3n) is 3.38.